The number of carboxylic acid groups (broad SMARTS) is 1. The smallest absolute Gasteiger partial charge is 0.336 e. The van der Waals surface area contributed by atoms with Crippen molar-refractivity contribution in [1.29, 1.82) is 0 Å². The van der Waals surface area contributed by atoms with E-state index in [-0.39, 0.29) is 11.5 Å². The highest BCUT2D eigenvalue weighted by atomic mass is 79.9. The number of nitrogens with one attached hydrogen (secondary N) is 1. The number of amides is 1. The highest BCUT2D eigenvalue weighted by Gasteiger charge is 2.14. The lowest BCUT2D eigenvalue weighted by atomic mass is 10.1. The van der Waals surface area contributed by atoms with Crippen molar-refractivity contribution in [3.8, 4) is 0 Å². The van der Waals surface area contributed by atoms with Crippen LogP contribution in [0.15, 0.2) is 40.9 Å². The number of carbonyl (C=O) groups excluding carboxylic acids is 1. The molecule has 1 amide bonds. The molecular weight excluding hydrogens is 334 g/mol. The van der Waals surface area contributed by atoms with Gasteiger partial charge in [-0.2, -0.15) is 0 Å². The SMILES string of the molecule is Cc1ccc(Br)c(C(=O)Nc2cccc(C(=O)O)c2C)c1. The van der Waals surface area contributed by atoms with E-state index in [9.17, 15) is 9.59 Å². The summed E-state index contributed by atoms with van der Waals surface area (Å²) in [5.41, 5.74) is 2.68. The first-order valence-electron chi connectivity index (χ1n) is 6.30. The lowest BCUT2D eigenvalue weighted by Crippen LogP contribution is -2.14. The molecule has 2 aromatic carbocycles. The molecular formula is C16H14BrNO3. The number of carbonyl (C=O) groups is 2. The van der Waals surface area contributed by atoms with Gasteiger partial charge in [0.2, 0.25) is 0 Å². The van der Waals surface area contributed by atoms with Gasteiger partial charge in [-0.15, -0.1) is 0 Å². The molecule has 0 aliphatic heterocycles. The Balaban J connectivity index is 2.34. The van der Waals surface area contributed by atoms with Gasteiger partial charge in [-0.25, -0.2) is 4.79 Å². The Bertz CT molecular complexity index is 725. The number of hydrogen-bond acceptors (Lipinski definition) is 2. The molecule has 0 aliphatic carbocycles. The second kappa shape index (κ2) is 6.10. The van der Waals surface area contributed by atoms with Crippen molar-refractivity contribution in [1.82, 2.24) is 0 Å². The zero-order valence-corrected chi connectivity index (χ0v) is 13.2. The zero-order valence-electron chi connectivity index (χ0n) is 11.6. The Morgan fingerprint density at radius 2 is 1.81 bits per heavy atom. The average molecular weight is 348 g/mol. The van der Waals surface area contributed by atoms with Gasteiger partial charge in [-0.05, 0) is 59.6 Å². The number of anilines is 1. The summed E-state index contributed by atoms with van der Waals surface area (Å²) in [7, 11) is 0. The summed E-state index contributed by atoms with van der Waals surface area (Å²) in [4.78, 5) is 23.4. The van der Waals surface area contributed by atoms with Gasteiger partial charge in [0.25, 0.3) is 5.91 Å². The predicted octanol–water partition coefficient (Wildman–Crippen LogP) is 4.02. The monoisotopic (exact) mass is 347 g/mol. The maximum absolute atomic E-state index is 12.3. The van der Waals surface area contributed by atoms with Crippen molar-refractivity contribution < 1.29 is 14.7 Å². The van der Waals surface area contributed by atoms with Crippen molar-refractivity contribution in [3.05, 3.63) is 63.1 Å². The molecule has 2 rings (SSSR count). The Labute approximate surface area is 130 Å². The lowest BCUT2D eigenvalue weighted by Gasteiger charge is -2.11. The van der Waals surface area contributed by atoms with Crippen LogP contribution in [-0.2, 0) is 0 Å². The predicted molar refractivity (Wildman–Crippen MR) is 85.0 cm³/mol. The summed E-state index contributed by atoms with van der Waals surface area (Å²) in [5, 5.41) is 11.9. The molecule has 0 fully saturated rings. The van der Waals surface area contributed by atoms with Gasteiger partial charge in [0.1, 0.15) is 0 Å². The van der Waals surface area contributed by atoms with Crippen LogP contribution in [0.5, 0.6) is 0 Å². The van der Waals surface area contributed by atoms with Crippen molar-refractivity contribution in [2.24, 2.45) is 0 Å². The number of halogens is 1. The Morgan fingerprint density at radius 3 is 2.48 bits per heavy atom. The van der Waals surface area contributed by atoms with E-state index in [0.29, 0.717) is 21.3 Å². The van der Waals surface area contributed by atoms with Gasteiger partial charge in [0.05, 0.1) is 11.1 Å². The molecule has 0 unspecified atom stereocenters. The highest BCUT2D eigenvalue weighted by Crippen LogP contribution is 2.23. The van der Waals surface area contributed by atoms with Gasteiger partial charge < -0.3 is 10.4 Å². The van der Waals surface area contributed by atoms with Crippen LogP contribution in [0, 0.1) is 13.8 Å². The van der Waals surface area contributed by atoms with Crippen LogP contribution in [-0.4, -0.2) is 17.0 Å². The number of benzene rings is 2. The van der Waals surface area contributed by atoms with Crippen LogP contribution in [0.2, 0.25) is 0 Å². The minimum atomic E-state index is -1.01. The number of hydrogen-bond donors (Lipinski definition) is 2. The van der Waals surface area contributed by atoms with E-state index in [0.717, 1.165) is 5.56 Å². The van der Waals surface area contributed by atoms with Gasteiger partial charge in [-0.3, -0.25) is 4.79 Å². The maximum Gasteiger partial charge on any atom is 0.336 e. The van der Waals surface area contributed by atoms with Gasteiger partial charge in [0, 0.05) is 10.2 Å². The molecule has 0 atom stereocenters. The molecule has 5 heteroatoms. The molecule has 0 heterocycles. The number of carboxylic acids is 1. The highest BCUT2D eigenvalue weighted by molar-refractivity contribution is 9.10. The van der Waals surface area contributed by atoms with E-state index in [4.69, 9.17) is 5.11 Å². The Morgan fingerprint density at radius 1 is 1.10 bits per heavy atom. The molecule has 0 aromatic heterocycles. The summed E-state index contributed by atoms with van der Waals surface area (Å²) in [6.45, 7) is 3.57. The van der Waals surface area contributed by atoms with Crippen molar-refractivity contribution >= 4 is 33.5 Å². The van der Waals surface area contributed by atoms with Gasteiger partial charge >= 0.3 is 5.97 Å². The zero-order chi connectivity index (χ0) is 15.6. The molecule has 0 aliphatic rings. The van der Waals surface area contributed by atoms with E-state index in [1.165, 1.54) is 6.07 Å². The van der Waals surface area contributed by atoms with Crippen LogP contribution in [0.3, 0.4) is 0 Å². The van der Waals surface area contributed by atoms with E-state index in [1.54, 1.807) is 25.1 Å². The maximum atomic E-state index is 12.3. The molecule has 4 nitrogen and oxygen atoms in total. The third-order valence-corrected chi connectivity index (χ3v) is 3.87. The topological polar surface area (TPSA) is 66.4 Å². The summed E-state index contributed by atoms with van der Waals surface area (Å²) >= 11 is 3.35. The Hall–Kier alpha value is -2.14. The van der Waals surface area contributed by atoms with Gasteiger partial charge in [0.15, 0.2) is 0 Å². The molecule has 2 aromatic rings. The number of aryl methyl sites for hydroxylation is 1. The molecule has 0 saturated carbocycles. The summed E-state index contributed by atoms with van der Waals surface area (Å²) < 4.78 is 0.692. The summed E-state index contributed by atoms with van der Waals surface area (Å²) in [6, 6.07) is 10.3. The molecule has 0 radical (unpaired) electrons. The lowest BCUT2D eigenvalue weighted by molar-refractivity contribution is 0.0695. The quantitative estimate of drug-likeness (QED) is 0.881. The van der Waals surface area contributed by atoms with Crippen molar-refractivity contribution in [3.63, 3.8) is 0 Å². The number of rotatable bonds is 3. The van der Waals surface area contributed by atoms with Crippen LogP contribution in [0.25, 0.3) is 0 Å². The van der Waals surface area contributed by atoms with Crippen molar-refractivity contribution in [2.75, 3.05) is 5.32 Å². The molecule has 21 heavy (non-hydrogen) atoms. The van der Waals surface area contributed by atoms with Crippen LogP contribution in [0.4, 0.5) is 5.69 Å². The Kier molecular flexibility index (Phi) is 4.43. The third-order valence-electron chi connectivity index (χ3n) is 3.18. The van der Waals surface area contributed by atoms with E-state index in [1.807, 2.05) is 19.1 Å². The van der Waals surface area contributed by atoms with Gasteiger partial charge in [-0.1, -0.05) is 17.7 Å². The largest absolute Gasteiger partial charge is 0.478 e. The van der Waals surface area contributed by atoms with E-state index in [2.05, 4.69) is 21.2 Å². The average Bonchev–Trinajstić information content (AvgIpc) is 2.43. The molecule has 108 valence electrons. The second-order valence-electron chi connectivity index (χ2n) is 4.72. The fourth-order valence-corrected chi connectivity index (χ4v) is 2.43. The molecule has 0 spiro atoms. The van der Waals surface area contributed by atoms with Crippen molar-refractivity contribution in [2.45, 2.75) is 13.8 Å². The van der Waals surface area contributed by atoms with E-state index >= 15 is 0 Å². The summed E-state index contributed by atoms with van der Waals surface area (Å²) in [5.74, 6) is -1.29. The number of aromatic carboxylic acids is 1. The molecule has 0 saturated heterocycles. The molecule has 2 N–H and O–H groups in total. The minimum Gasteiger partial charge on any atom is -0.478 e. The summed E-state index contributed by atoms with van der Waals surface area (Å²) in [6.07, 6.45) is 0. The fourth-order valence-electron chi connectivity index (χ4n) is 2.01. The first-order chi connectivity index (χ1) is 9.90. The fraction of sp³-hybridized carbons (Fsp3) is 0.125. The van der Waals surface area contributed by atoms with E-state index < -0.39 is 5.97 Å². The first-order valence-corrected chi connectivity index (χ1v) is 7.10. The standard InChI is InChI=1S/C16H14BrNO3/c1-9-6-7-13(17)12(8-9)15(19)18-14-5-3-4-11(10(14)2)16(20)21/h3-8H,1-2H3,(H,18,19)(H,20,21). The first kappa shape index (κ1) is 15.3. The normalized spacial score (nSPS) is 10.2. The second-order valence-corrected chi connectivity index (χ2v) is 5.58. The van der Waals surface area contributed by atoms with Crippen LogP contribution < -0.4 is 5.32 Å². The van der Waals surface area contributed by atoms with Crippen LogP contribution in [0.1, 0.15) is 31.8 Å². The van der Waals surface area contributed by atoms with Crippen LogP contribution >= 0.6 is 15.9 Å². The minimum absolute atomic E-state index is 0.177. The third kappa shape index (κ3) is 3.31. The molecule has 0 bridgehead atoms.